The zero-order chi connectivity index (χ0) is 22.9. The number of benzene rings is 1. The molecule has 0 aliphatic heterocycles. The molecule has 2 heterocycles. The van der Waals surface area contributed by atoms with Crippen LogP contribution in [0.1, 0.15) is 23.4 Å². The molecule has 0 saturated heterocycles. The minimum Gasteiger partial charge on any atom is -0.382 e. The molecule has 3 rings (SSSR count). The van der Waals surface area contributed by atoms with Gasteiger partial charge in [-0.3, -0.25) is 9.59 Å². The molecule has 3 aromatic rings. The molecule has 0 spiro atoms. The van der Waals surface area contributed by atoms with Crippen molar-refractivity contribution in [3.8, 4) is 11.8 Å². The number of carbonyl (C=O) groups excluding carboxylic acids is 2. The van der Waals surface area contributed by atoms with Crippen molar-refractivity contribution in [1.29, 1.82) is 5.26 Å². The molecule has 11 heteroatoms. The van der Waals surface area contributed by atoms with Gasteiger partial charge in [0, 0.05) is 12.6 Å². The summed E-state index contributed by atoms with van der Waals surface area (Å²) in [6.45, 7) is 2.15. The Morgan fingerprint density at radius 2 is 2.00 bits per heavy atom. The second-order valence-electron chi connectivity index (χ2n) is 6.88. The van der Waals surface area contributed by atoms with Crippen molar-refractivity contribution in [3.63, 3.8) is 0 Å². The maximum Gasteiger partial charge on any atom is 0.235 e. The molecule has 0 fully saturated rings. The number of nitrogens with one attached hydrogen (secondary N) is 2. The van der Waals surface area contributed by atoms with Gasteiger partial charge in [0.05, 0.1) is 22.9 Å². The summed E-state index contributed by atoms with van der Waals surface area (Å²) in [6, 6.07) is 13.1. The zero-order valence-electron chi connectivity index (χ0n) is 17.5. The van der Waals surface area contributed by atoms with Crippen molar-refractivity contribution >= 4 is 35.2 Å². The highest BCUT2D eigenvalue weighted by Crippen LogP contribution is 2.21. The molecule has 0 atom stereocenters. The molecule has 2 aromatic heterocycles. The van der Waals surface area contributed by atoms with Crippen molar-refractivity contribution in [3.05, 3.63) is 53.4 Å². The average Bonchev–Trinajstić information content (AvgIpc) is 3.33. The third-order valence-electron chi connectivity index (χ3n) is 4.38. The van der Waals surface area contributed by atoms with Gasteiger partial charge in [-0.2, -0.15) is 10.4 Å². The number of anilines is 2. The molecule has 0 aliphatic carbocycles. The van der Waals surface area contributed by atoms with Crippen molar-refractivity contribution < 1.29 is 14.1 Å². The number of para-hydroxylation sites is 1. The van der Waals surface area contributed by atoms with Crippen LogP contribution in [0.25, 0.3) is 5.69 Å². The second kappa shape index (κ2) is 11.0. The SMILES string of the molecule is Cc1cc(NC(=O)CSCC(=O)NCCCc2nn(-c3ccccc3)c(N)c2C#N)no1. The topological polar surface area (TPSA) is 152 Å². The number of aryl methyl sites for hydroxylation is 2. The summed E-state index contributed by atoms with van der Waals surface area (Å²) in [5.74, 6) is 1.11. The molecule has 4 N–H and O–H groups in total. The normalized spacial score (nSPS) is 10.5. The van der Waals surface area contributed by atoms with E-state index in [1.54, 1.807) is 17.7 Å². The first-order chi connectivity index (χ1) is 15.5. The Bertz CT molecular complexity index is 1120. The number of nitriles is 1. The minimum absolute atomic E-state index is 0.126. The molecule has 1 aromatic carbocycles. The van der Waals surface area contributed by atoms with Crippen LogP contribution in [0.5, 0.6) is 0 Å². The highest BCUT2D eigenvalue weighted by molar-refractivity contribution is 8.00. The van der Waals surface area contributed by atoms with E-state index in [0.29, 0.717) is 48.0 Å². The van der Waals surface area contributed by atoms with E-state index in [2.05, 4.69) is 27.0 Å². The molecule has 10 nitrogen and oxygen atoms in total. The maximum atomic E-state index is 12.0. The third-order valence-corrected chi connectivity index (χ3v) is 5.31. The first-order valence-corrected chi connectivity index (χ1v) is 11.0. The predicted octanol–water partition coefficient (Wildman–Crippen LogP) is 2.04. The number of nitrogens with zero attached hydrogens (tertiary/aromatic N) is 4. The van der Waals surface area contributed by atoms with Gasteiger partial charge in [0.15, 0.2) is 5.82 Å². The van der Waals surface area contributed by atoms with Crippen LogP contribution in [-0.4, -0.2) is 44.8 Å². The van der Waals surface area contributed by atoms with Gasteiger partial charge in [-0.1, -0.05) is 23.4 Å². The number of hydrogen-bond acceptors (Lipinski definition) is 8. The number of aromatic nitrogens is 3. The van der Waals surface area contributed by atoms with E-state index in [9.17, 15) is 14.9 Å². The van der Waals surface area contributed by atoms with Crippen LogP contribution in [0.4, 0.5) is 11.6 Å². The minimum atomic E-state index is -0.258. The van der Waals surface area contributed by atoms with E-state index in [0.717, 1.165) is 5.69 Å². The molecule has 0 radical (unpaired) electrons. The summed E-state index contributed by atoms with van der Waals surface area (Å²) in [5.41, 5.74) is 7.82. The number of rotatable bonds is 10. The molecular weight excluding hydrogens is 430 g/mol. The maximum absolute atomic E-state index is 12.0. The van der Waals surface area contributed by atoms with Gasteiger partial charge in [0.2, 0.25) is 11.8 Å². The van der Waals surface area contributed by atoms with Crippen LogP contribution in [0.15, 0.2) is 40.9 Å². The lowest BCUT2D eigenvalue weighted by molar-refractivity contribution is -0.118. The van der Waals surface area contributed by atoms with Crippen LogP contribution in [0.2, 0.25) is 0 Å². The zero-order valence-corrected chi connectivity index (χ0v) is 18.3. The lowest BCUT2D eigenvalue weighted by Gasteiger charge is -2.05. The van der Waals surface area contributed by atoms with Crippen molar-refractivity contribution in [2.24, 2.45) is 0 Å². The van der Waals surface area contributed by atoms with Gasteiger partial charge in [0.1, 0.15) is 23.2 Å². The quantitative estimate of drug-likeness (QED) is 0.394. The number of amides is 2. The highest BCUT2D eigenvalue weighted by Gasteiger charge is 2.16. The number of hydrogen-bond donors (Lipinski definition) is 3. The van der Waals surface area contributed by atoms with Crippen LogP contribution < -0.4 is 16.4 Å². The summed E-state index contributed by atoms with van der Waals surface area (Å²) in [5, 5.41) is 23.0. The fraction of sp³-hybridized carbons (Fsp3) is 0.286. The standard InChI is InChI=1S/C21H23N7O3S/c1-14-10-18(27-31-14)25-20(30)13-32-12-19(29)24-9-5-8-17-16(11-22)21(23)28(26-17)15-6-3-2-4-7-15/h2-4,6-7,10H,5,8-9,12-13,23H2,1H3,(H,24,29)(H,25,27,30). The van der Waals surface area contributed by atoms with E-state index >= 15 is 0 Å². The van der Waals surface area contributed by atoms with Crippen LogP contribution in [0, 0.1) is 18.3 Å². The molecule has 0 unspecified atom stereocenters. The molecule has 0 bridgehead atoms. The predicted molar refractivity (Wildman–Crippen MR) is 121 cm³/mol. The monoisotopic (exact) mass is 453 g/mol. The Kier molecular flexibility index (Phi) is 7.88. The molecular formula is C21H23N7O3S. The van der Waals surface area contributed by atoms with Crippen molar-refractivity contribution in [1.82, 2.24) is 20.3 Å². The second-order valence-corrected chi connectivity index (χ2v) is 7.87. The molecule has 0 saturated carbocycles. The summed E-state index contributed by atoms with van der Waals surface area (Å²) in [6.07, 6.45) is 1.10. The van der Waals surface area contributed by atoms with Gasteiger partial charge in [-0.15, -0.1) is 11.8 Å². The Morgan fingerprint density at radius 1 is 1.25 bits per heavy atom. The van der Waals surface area contributed by atoms with E-state index in [4.69, 9.17) is 10.3 Å². The summed E-state index contributed by atoms with van der Waals surface area (Å²) in [4.78, 5) is 23.8. The third kappa shape index (κ3) is 6.12. The van der Waals surface area contributed by atoms with E-state index in [1.807, 2.05) is 30.3 Å². The summed E-state index contributed by atoms with van der Waals surface area (Å²) in [7, 11) is 0. The fourth-order valence-electron chi connectivity index (χ4n) is 2.92. The van der Waals surface area contributed by atoms with Crippen LogP contribution in [-0.2, 0) is 16.0 Å². The lowest BCUT2D eigenvalue weighted by atomic mass is 10.1. The average molecular weight is 454 g/mol. The van der Waals surface area contributed by atoms with Gasteiger partial charge in [-0.05, 0) is 31.9 Å². The van der Waals surface area contributed by atoms with Crippen LogP contribution >= 0.6 is 11.8 Å². The highest BCUT2D eigenvalue weighted by atomic mass is 32.2. The lowest BCUT2D eigenvalue weighted by Crippen LogP contribution is -2.27. The van der Waals surface area contributed by atoms with Gasteiger partial charge >= 0.3 is 0 Å². The number of thioether (sulfide) groups is 1. The number of nitrogen functional groups attached to an aromatic ring is 1. The Morgan fingerprint density at radius 3 is 2.69 bits per heavy atom. The van der Waals surface area contributed by atoms with Gasteiger partial charge < -0.3 is 20.9 Å². The Hall–Kier alpha value is -3.78. The van der Waals surface area contributed by atoms with Gasteiger partial charge in [0.25, 0.3) is 0 Å². The van der Waals surface area contributed by atoms with E-state index in [1.165, 1.54) is 11.8 Å². The van der Waals surface area contributed by atoms with Gasteiger partial charge in [-0.25, -0.2) is 4.68 Å². The van der Waals surface area contributed by atoms with E-state index in [-0.39, 0.29) is 23.3 Å². The van der Waals surface area contributed by atoms with Crippen molar-refractivity contribution in [2.75, 3.05) is 29.1 Å². The number of nitrogens with two attached hydrogens (primary N) is 1. The largest absolute Gasteiger partial charge is 0.382 e. The molecule has 166 valence electrons. The number of carbonyl (C=O) groups is 2. The molecule has 0 aliphatic rings. The fourth-order valence-corrected chi connectivity index (χ4v) is 3.56. The Labute approximate surface area is 189 Å². The first kappa shape index (κ1) is 22.9. The summed E-state index contributed by atoms with van der Waals surface area (Å²) >= 11 is 1.20. The first-order valence-electron chi connectivity index (χ1n) is 9.88. The van der Waals surface area contributed by atoms with E-state index < -0.39 is 0 Å². The smallest absolute Gasteiger partial charge is 0.235 e. The van der Waals surface area contributed by atoms with Crippen molar-refractivity contribution in [2.45, 2.75) is 19.8 Å². The van der Waals surface area contributed by atoms with Crippen LogP contribution in [0.3, 0.4) is 0 Å². The summed E-state index contributed by atoms with van der Waals surface area (Å²) < 4.78 is 6.42. The molecule has 32 heavy (non-hydrogen) atoms. The molecule has 2 amide bonds. The Balaban J connectivity index is 1.39.